The number of sulfonamides is 1. The van der Waals surface area contributed by atoms with Gasteiger partial charge in [-0.25, -0.2) is 18.1 Å². The summed E-state index contributed by atoms with van der Waals surface area (Å²) in [4.78, 5) is 6.78. The molecule has 1 aromatic heterocycles. The van der Waals surface area contributed by atoms with E-state index < -0.39 is 10.0 Å². The normalized spacial score (nSPS) is 15.5. The van der Waals surface area contributed by atoms with Crippen LogP contribution in [-0.2, 0) is 10.0 Å². The van der Waals surface area contributed by atoms with E-state index in [-0.39, 0.29) is 5.92 Å². The van der Waals surface area contributed by atoms with Crippen molar-refractivity contribution in [2.75, 3.05) is 24.5 Å². The van der Waals surface area contributed by atoms with Crippen LogP contribution in [0, 0.1) is 31.1 Å². The fourth-order valence-electron chi connectivity index (χ4n) is 3.49. The van der Waals surface area contributed by atoms with Gasteiger partial charge in [0.2, 0.25) is 10.0 Å². The van der Waals surface area contributed by atoms with E-state index in [1.165, 1.54) is 0 Å². The van der Waals surface area contributed by atoms with E-state index in [4.69, 9.17) is 0 Å². The number of aryl methyl sites for hydroxylation is 2. The molecule has 0 spiro atoms. The minimum Gasteiger partial charge on any atom is -0.356 e. The average molecular weight is 385 g/mol. The van der Waals surface area contributed by atoms with Gasteiger partial charge in [-0.05, 0) is 56.4 Å². The fourth-order valence-corrected chi connectivity index (χ4v) is 4.83. The molecule has 2 aromatic rings. The van der Waals surface area contributed by atoms with Crippen LogP contribution in [0.2, 0.25) is 0 Å². The number of piperidine rings is 1. The lowest BCUT2D eigenvalue weighted by Crippen LogP contribution is -2.39. The predicted octanol–water partition coefficient (Wildman–Crippen LogP) is 2.77. The van der Waals surface area contributed by atoms with Crippen molar-refractivity contribution in [1.29, 1.82) is 5.26 Å². The second kappa shape index (κ2) is 8.07. The first-order valence-corrected chi connectivity index (χ1v) is 10.6. The molecule has 6 nitrogen and oxygen atoms in total. The Labute approximate surface area is 160 Å². The molecule has 27 heavy (non-hydrogen) atoms. The number of benzene rings is 1. The summed E-state index contributed by atoms with van der Waals surface area (Å²) in [5.41, 5.74) is 2.38. The van der Waals surface area contributed by atoms with Gasteiger partial charge >= 0.3 is 0 Å². The summed E-state index contributed by atoms with van der Waals surface area (Å²) in [6, 6.07) is 11.1. The summed E-state index contributed by atoms with van der Waals surface area (Å²) >= 11 is 0. The number of hydrogen-bond acceptors (Lipinski definition) is 5. The molecule has 142 valence electrons. The van der Waals surface area contributed by atoms with Crippen molar-refractivity contribution in [1.82, 2.24) is 9.71 Å². The Morgan fingerprint density at radius 1 is 1.26 bits per heavy atom. The van der Waals surface area contributed by atoms with Crippen LogP contribution >= 0.6 is 0 Å². The zero-order chi connectivity index (χ0) is 19.4. The standard InChI is InChI=1S/C20H24N4O2S/c1-15-5-6-19(16(2)12-15)27(25,26)23-14-17-7-10-24(11-8-17)20-18(13-21)4-3-9-22-20/h3-6,9,12,17,23H,7-8,10-11,14H2,1-2H3. The molecule has 0 unspecified atom stereocenters. The molecule has 3 rings (SSSR count). The Morgan fingerprint density at radius 2 is 2.00 bits per heavy atom. The predicted molar refractivity (Wildman–Crippen MR) is 105 cm³/mol. The van der Waals surface area contributed by atoms with Crippen LogP contribution in [0.1, 0.15) is 29.5 Å². The van der Waals surface area contributed by atoms with E-state index >= 15 is 0 Å². The summed E-state index contributed by atoms with van der Waals surface area (Å²) in [7, 11) is -3.50. The van der Waals surface area contributed by atoms with Gasteiger partial charge in [-0.2, -0.15) is 5.26 Å². The number of nitrogens with one attached hydrogen (secondary N) is 1. The molecule has 1 aromatic carbocycles. The summed E-state index contributed by atoms with van der Waals surface area (Å²) in [5.74, 6) is 0.991. The molecule has 0 aliphatic carbocycles. The van der Waals surface area contributed by atoms with Gasteiger partial charge in [0.25, 0.3) is 0 Å². The van der Waals surface area contributed by atoms with Gasteiger partial charge in [0.15, 0.2) is 0 Å². The Kier molecular flexibility index (Phi) is 5.78. The molecule has 1 saturated heterocycles. The number of pyridine rings is 1. The van der Waals surface area contributed by atoms with Crippen molar-refractivity contribution >= 4 is 15.8 Å². The number of nitrogens with zero attached hydrogens (tertiary/aromatic N) is 3. The third-order valence-electron chi connectivity index (χ3n) is 5.00. The monoisotopic (exact) mass is 384 g/mol. The van der Waals surface area contributed by atoms with Gasteiger partial charge in [0.05, 0.1) is 10.5 Å². The largest absolute Gasteiger partial charge is 0.356 e. The molecule has 1 N–H and O–H groups in total. The zero-order valence-electron chi connectivity index (χ0n) is 15.6. The van der Waals surface area contributed by atoms with Crippen LogP contribution in [0.4, 0.5) is 5.82 Å². The Hall–Kier alpha value is -2.43. The van der Waals surface area contributed by atoms with E-state index in [9.17, 15) is 13.7 Å². The van der Waals surface area contributed by atoms with Crippen molar-refractivity contribution in [3.8, 4) is 6.07 Å². The van der Waals surface area contributed by atoms with Gasteiger partial charge in [0, 0.05) is 25.8 Å². The van der Waals surface area contributed by atoms with Crippen LogP contribution in [-0.4, -0.2) is 33.0 Å². The average Bonchev–Trinajstić information content (AvgIpc) is 2.66. The van der Waals surface area contributed by atoms with Crippen molar-refractivity contribution in [3.05, 3.63) is 53.2 Å². The SMILES string of the molecule is Cc1ccc(S(=O)(=O)NCC2CCN(c3ncccc3C#N)CC2)c(C)c1. The van der Waals surface area contributed by atoms with Gasteiger partial charge in [-0.1, -0.05) is 17.7 Å². The molecular formula is C20H24N4O2S. The molecule has 0 atom stereocenters. The summed E-state index contributed by atoms with van der Waals surface area (Å²) in [6.07, 6.45) is 3.41. The maximum absolute atomic E-state index is 12.6. The molecular weight excluding hydrogens is 360 g/mol. The molecule has 0 radical (unpaired) electrons. The van der Waals surface area contributed by atoms with Crippen LogP contribution < -0.4 is 9.62 Å². The van der Waals surface area contributed by atoms with Crippen molar-refractivity contribution < 1.29 is 8.42 Å². The number of aromatic nitrogens is 1. The zero-order valence-corrected chi connectivity index (χ0v) is 16.5. The van der Waals surface area contributed by atoms with E-state index in [0.29, 0.717) is 22.8 Å². The highest BCUT2D eigenvalue weighted by molar-refractivity contribution is 7.89. The highest BCUT2D eigenvalue weighted by Gasteiger charge is 2.24. The highest BCUT2D eigenvalue weighted by atomic mass is 32.2. The Balaban J connectivity index is 1.59. The lowest BCUT2D eigenvalue weighted by molar-refractivity contribution is 0.400. The number of hydrogen-bond donors (Lipinski definition) is 1. The van der Waals surface area contributed by atoms with E-state index in [1.807, 2.05) is 26.0 Å². The van der Waals surface area contributed by atoms with E-state index in [0.717, 1.165) is 37.1 Å². The van der Waals surface area contributed by atoms with Gasteiger partial charge in [-0.15, -0.1) is 0 Å². The second-order valence-corrected chi connectivity index (χ2v) is 8.77. The summed E-state index contributed by atoms with van der Waals surface area (Å²) in [5, 5.41) is 9.23. The number of rotatable bonds is 5. The fraction of sp³-hybridized carbons (Fsp3) is 0.400. The van der Waals surface area contributed by atoms with Crippen LogP contribution in [0.15, 0.2) is 41.4 Å². The van der Waals surface area contributed by atoms with Crippen LogP contribution in [0.5, 0.6) is 0 Å². The quantitative estimate of drug-likeness (QED) is 0.857. The minimum absolute atomic E-state index is 0.274. The van der Waals surface area contributed by atoms with Gasteiger partial charge in [-0.3, -0.25) is 0 Å². The summed E-state index contributed by atoms with van der Waals surface area (Å²) < 4.78 is 28.0. The number of anilines is 1. The first-order valence-electron chi connectivity index (χ1n) is 9.07. The Morgan fingerprint density at radius 3 is 2.67 bits per heavy atom. The lowest BCUT2D eigenvalue weighted by atomic mass is 9.97. The van der Waals surface area contributed by atoms with Gasteiger partial charge in [0.1, 0.15) is 11.9 Å². The molecule has 0 bridgehead atoms. The third kappa shape index (κ3) is 4.46. The van der Waals surface area contributed by atoms with E-state index in [2.05, 4.69) is 20.7 Å². The van der Waals surface area contributed by atoms with Crippen molar-refractivity contribution in [2.45, 2.75) is 31.6 Å². The first-order chi connectivity index (χ1) is 12.9. The molecule has 2 heterocycles. The highest BCUT2D eigenvalue weighted by Crippen LogP contribution is 2.24. The van der Waals surface area contributed by atoms with Crippen LogP contribution in [0.25, 0.3) is 0 Å². The lowest BCUT2D eigenvalue weighted by Gasteiger charge is -2.33. The molecule has 7 heteroatoms. The van der Waals surface area contributed by atoms with Crippen molar-refractivity contribution in [3.63, 3.8) is 0 Å². The van der Waals surface area contributed by atoms with Crippen LogP contribution in [0.3, 0.4) is 0 Å². The molecule has 1 fully saturated rings. The first kappa shape index (κ1) is 19.3. The Bertz CT molecular complexity index is 958. The third-order valence-corrected chi connectivity index (χ3v) is 6.59. The van der Waals surface area contributed by atoms with E-state index in [1.54, 1.807) is 24.4 Å². The molecule has 0 saturated carbocycles. The molecule has 1 aliphatic rings. The molecule has 0 amide bonds. The maximum Gasteiger partial charge on any atom is 0.240 e. The number of nitriles is 1. The summed E-state index contributed by atoms with van der Waals surface area (Å²) in [6.45, 7) is 5.73. The van der Waals surface area contributed by atoms with Gasteiger partial charge < -0.3 is 4.90 Å². The van der Waals surface area contributed by atoms with Crippen molar-refractivity contribution in [2.24, 2.45) is 5.92 Å². The topological polar surface area (TPSA) is 86.1 Å². The minimum atomic E-state index is -3.50. The second-order valence-electron chi connectivity index (χ2n) is 7.04. The molecule has 1 aliphatic heterocycles. The smallest absolute Gasteiger partial charge is 0.240 e. The maximum atomic E-state index is 12.6.